The number of nitrogens with two attached hydrogens (primary N) is 1. The van der Waals surface area contributed by atoms with Gasteiger partial charge in [-0.2, -0.15) is 13.2 Å². The van der Waals surface area contributed by atoms with Gasteiger partial charge in [0.25, 0.3) is 5.91 Å². The summed E-state index contributed by atoms with van der Waals surface area (Å²) in [4.78, 5) is 30.6. The van der Waals surface area contributed by atoms with E-state index in [2.05, 4.69) is 9.88 Å². The van der Waals surface area contributed by atoms with E-state index in [-0.39, 0.29) is 0 Å². The Kier molecular flexibility index (Phi) is 6.74. The van der Waals surface area contributed by atoms with Gasteiger partial charge in [0, 0.05) is 37.1 Å². The van der Waals surface area contributed by atoms with Crippen LogP contribution in [0.15, 0.2) is 65.7 Å². The van der Waals surface area contributed by atoms with E-state index in [0.29, 0.717) is 11.8 Å². The number of halogens is 3. The summed E-state index contributed by atoms with van der Waals surface area (Å²) in [6.45, 7) is 1.88. The van der Waals surface area contributed by atoms with E-state index in [9.17, 15) is 22.8 Å². The predicted octanol–water partition coefficient (Wildman–Crippen LogP) is 3.84. The second-order valence-corrected chi connectivity index (χ2v) is 6.96. The smallest absolute Gasteiger partial charge is 0.365 e. The SMILES string of the molecule is NC(=O)c1cc(-c2ccccc2)cnc1N1CCCC1.O=c1ccc(C(F)(F)F)c[nH]1. The molecule has 2 aromatic heterocycles. The molecule has 6 nitrogen and oxygen atoms in total. The molecule has 31 heavy (non-hydrogen) atoms. The third kappa shape index (κ3) is 5.71. The lowest BCUT2D eigenvalue weighted by Gasteiger charge is -2.19. The zero-order valence-electron chi connectivity index (χ0n) is 16.5. The molecule has 0 unspecified atom stereocenters. The molecule has 1 amide bonds. The Morgan fingerprint density at radius 2 is 1.71 bits per heavy atom. The number of primary amides is 1. The number of H-pyrrole nitrogens is 1. The summed E-state index contributed by atoms with van der Waals surface area (Å²) >= 11 is 0. The summed E-state index contributed by atoms with van der Waals surface area (Å²) in [5.41, 5.74) is 6.59. The van der Waals surface area contributed by atoms with Crippen LogP contribution in [0, 0.1) is 0 Å². The molecule has 4 rings (SSSR count). The Morgan fingerprint density at radius 3 is 2.26 bits per heavy atom. The third-order valence-corrected chi connectivity index (χ3v) is 4.76. The molecule has 0 atom stereocenters. The Balaban J connectivity index is 0.000000210. The normalized spacial score (nSPS) is 13.5. The number of rotatable bonds is 3. The van der Waals surface area contributed by atoms with Gasteiger partial charge in [0.05, 0.1) is 11.1 Å². The van der Waals surface area contributed by atoms with E-state index in [4.69, 9.17) is 5.73 Å². The molecule has 162 valence electrons. The molecular formula is C22H21F3N4O2. The second kappa shape index (κ2) is 9.46. The topological polar surface area (TPSA) is 92.1 Å². The molecule has 1 fully saturated rings. The first-order chi connectivity index (χ1) is 14.8. The van der Waals surface area contributed by atoms with Crippen LogP contribution in [0.25, 0.3) is 11.1 Å². The van der Waals surface area contributed by atoms with Gasteiger partial charge in [-0.15, -0.1) is 0 Å². The molecule has 9 heteroatoms. The zero-order valence-corrected chi connectivity index (χ0v) is 16.5. The number of amides is 1. The predicted molar refractivity (Wildman–Crippen MR) is 112 cm³/mol. The molecule has 1 aromatic carbocycles. The van der Waals surface area contributed by atoms with Gasteiger partial charge >= 0.3 is 6.18 Å². The van der Waals surface area contributed by atoms with Gasteiger partial charge in [-0.05, 0) is 30.5 Å². The number of nitrogens with zero attached hydrogens (tertiary/aromatic N) is 2. The molecule has 1 saturated heterocycles. The van der Waals surface area contributed by atoms with Crippen LogP contribution in [0.3, 0.4) is 0 Å². The highest BCUT2D eigenvalue weighted by Crippen LogP contribution is 2.28. The summed E-state index contributed by atoms with van der Waals surface area (Å²) in [5, 5.41) is 0. The van der Waals surface area contributed by atoms with Gasteiger partial charge in [-0.25, -0.2) is 4.98 Å². The number of carbonyl (C=O) groups is 1. The van der Waals surface area contributed by atoms with Gasteiger partial charge in [-0.1, -0.05) is 30.3 Å². The lowest BCUT2D eigenvalue weighted by Crippen LogP contribution is -2.24. The van der Waals surface area contributed by atoms with Crippen molar-refractivity contribution in [2.75, 3.05) is 18.0 Å². The molecule has 0 radical (unpaired) electrons. The number of benzene rings is 1. The van der Waals surface area contributed by atoms with Crippen molar-refractivity contribution in [3.8, 4) is 11.1 Å². The van der Waals surface area contributed by atoms with Crippen molar-refractivity contribution in [1.29, 1.82) is 0 Å². The van der Waals surface area contributed by atoms with Gasteiger partial charge in [0.15, 0.2) is 0 Å². The molecule has 3 aromatic rings. The summed E-state index contributed by atoms with van der Waals surface area (Å²) in [6, 6.07) is 13.3. The molecule has 1 aliphatic rings. The van der Waals surface area contributed by atoms with Crippen molar-refractivity contribution in [2.45, 2.75) is 19.0 Å². The van der Waals surface area contributed by atoms with Gasteiger partial charge in [0.2, 0.25) is 5.56 Å². The number of aromatic amines is 1. The van der Waals surface area contributed by atoms with E-state index >= 15 is 0 Å². The first kappa shape index (κ1) is 22.1. The Hall–Kier alpha value is -3.62. The number of hydrogen-bond donors (Lipinski definition) is 2. The summed E-state index contributed by atoms with van der Waals surface area (Å²) in [6.07, 6.45) is 0.350. The number of aromatic nitrogens is 2. The van der Waals surface area contributed by atoms with Crippen molar-refractivity contribution in [3.05, 3.63) is 82.4 Å². The highest BCUT2D eigenvalue weighted by Gasteiger charge is 2.30. The van der Waals surface area contributed by atoms with Gasteiger partial charge in [0.1, 0.15) is 5.82 Å². The maximum absolute atomic E-state index is 11.8. The van der Waals surface area contributed by atoms with Crippen LogP contribution in [-0.2, 0) is 6.18 Å². The van der Waals surface area contributed by atoms with Crippen LogP contribution >= 0.6 is 0 Å². The Labute approximate surface area is 176 Å². The summed E-state index contributed by atoms with van der Waals surface area (Å²) in [5.74, 6) is 0.298. The van der Waals surface area contributed by atoms with Crippen LogP contribution in [0.5, 0.6) is 0 Å². The zero-order chi connectivity index (χ0) is 22.4. The molecular weight excluding hydrogens is 409 g/mol. The van der Waals surface area contributed by atoms with Gasteiger partial charge in [-0.3, -0.25) is 9.59 Å². The Bertz CT molecular complexity index is 1070. The summed E-state index contributed by atoms with van der Waals surface area (Å²) in [7, 11) is 0. The lowest BCUT2D eigenvalue weighted by atomic mass is 10.1. The summed E-state index contributed by atoms with van der Waals surface area (Å²) < 4.78 is 35.4. The van der Waals surface area contributed by atoms with Crippen LogP contribution in [0.4, 0.5) is 19.0 Å². The van der Waals surface area contributed by atoms with Gasteiger partial charge < -0.3 is 15.6 Å². The van der Waals surface area contributed by atoms with Crippen LogP contribution in [-0.4, -0.2) is 29.0 Å². The quantitative estimate of drug-likeness (QED) is 0.660. The minimum Gasteiger partial charge on any atom is -0.365 e. The van der Waals surface area contributed by atoms with E-state index < -0.39 is 23.2 Å². The first-order valence-electron chi connectivity index (χ1n) is 9.62. The number of hydrogen-bond acceptors (Lipinski definition) is 4. The molecule has 0 spiro atoms. The van der Waals surface area contributed by atoms with Crippen molar-refractivity contribution in [2.24, 2.45) is 5.73 Å². The van der Waals surface area contributed by atoms with Crippen molar-refractivity contribution in [1.82, 2.24) is 9.97 Å². The van der Waals surface area contributed by atoms with E-state index in [0.717, 1.165) is 55.0 Å². The van der Waals surface area contributed by atoms with E-state index in [1.807, 2.05) is 47.6 Å². The van der Waals surface area contributed by atoms with Crippen molar-refractivity contribution >= 4 is 11.7 Å². The number of pyridine rings is 2. The number of alkyl halides is 3. The molecule has 3 heterocycles. The molecule has 1 aliphatic heterocycles. The minimum atomic E-state index is -4.38. The third-order valence-electron chi connectivity index (χ3n) is 4.76. The highest BCUT2D eigenvalue weighted by molar-refractivity contribution is 5.99. The second-order valence-electron chi connectivity index (χ2n) is 6.96. The standard InChI is InChI=1S/C16H17N3O.C6H4F3NO/c17-15(20)14-10-13(12-6-2-1-3-7-12)11-18-16(14)19-8-4-5-9-19;7-6(8,9)4-1-2-5(11)10-3-4/h1-3,6-7,10-11H,4-5,8-9H2,(H2,17,20);1-3H,(H,10,11). The first-order valence-corrected chi connectivity index (χ1v) is 9.62. The molecule has 0 bridgehead atoms. The van der Waals surface area contributed by atoms with Crippen molar-refractivity contribution < 1.29 is 18.0 Å². The monoisotopic (exact) mass is 430 g/mol. The van der Waals surface area contributed by atoms with Crippen LogP contribution in [0.2, 0.25) is 0 Å². The number of carbonyl (C=O) groups excluding carboxylic acids is 1. The van der Waals surface area contributed by atoms with Crippen molar-refractivity contribution in [3.63, 3.8) is 0 Å². The fourth-order valence-corrected chi connectivity index (χ4v) is 3.20. The maximum Gasteiger partial charge on any atom is 0.417 e. The average molecular weight is 430 g/mol. The van der Waals surface area contributed by atoms with E-state index in [1.165, 1.54) is 0 Å². The van der Waals surface area contributed by atoms with Crippen LogP contribution in [0.1, 0.15) is 28.8 Å². The van der Waals surface area contributed by atoms with Crippen LogP contribution < -0.4 is 16.2 Å². The number of anilines is 1. The number of nitrogens with one attached hydrogen (secondary N) is 1. The maximum atomic E-state index is 11.8. The Morgan fingerprint density at radius 1 is 1.03 bits per heavy atom. The van der Waals surface area contributed by atoms with E-state index in [1.54, 1.807) is 0 Å². The minimum absolute atomic E-state index is 0.419. The lowest BCUT2D eigenvalue weighted by molar-refractivity contribution is -0.137. The average Bonchev–Trinajstić information content (AvgIpc) is 3.29. The fourth-order valence-electron chi connectivity index (χ4n) is 3.20. The molecule has 0 saturated carbocycles. The highest BCUT2D eigenvalue weighted by atomic mass is 19.4. The largest absolute Gasteiger partial charge is 0.417 e. The fraction of sp³-hybridized carbons (Fsp3) is 0.227. The molecule has 0 aliphatic carbocycles. The molecule has 3 N–H and O–H groups in total.